The van der Waals surface area contributed by atoms with E-state index in [0.29, 0.717) is 5.56 Å². The molecule has 11 heteroatoms. The fraction of sp³-hybridized carbons (Fsp3) is 0.176. The molecule has 3 aromatic rings. The zero-order chi connectivity index (χ0) is 20.3. The normalized spacial score (nSPS) is 13.3. The van der Waals surface area contributed by atoms with E-state index in [9.17, 15) is 29.2 Å². The van der Waals surface area contributed by atoms with E-state index in [-0.39, 0.29) is 35.7 Å². The first kappa shape index (κ1) is 19.7. The number of benzene rings is 2. The SMILES string of the molecule is O=c1[nH]c2cc([N+](=O)[O-])cc(CNCP(=O)(O)Cc3ccccc3)c2[nH]c1=O. The maximum Gasteiger partial charge on any atom is 0.314 e. The molecule has 10 nitrogen and oxygen atoms in total. The van der Waals surface area contributed by atoms with Gasteiger partial charge in [0.05, 0.1) is 28.4 Å². The number of hydrogen-bond acceptors (Lipinski definition) is 6. The molecule has 3 rings (SSSR count). The molecule has 4 N–H and O–H groups in total. The van der Waals surface area contributed by atoms with Crippen LogP contribution in [0.2, 0.25) is 0 Å². The maximum absolute atomic E-state index is 12.4. The van der Waals surface area contributed by atoms with E-state index in [2.05, 4.69) is 15.3 Å². The molecule has 0 aliphatic rings. The summed E-state index contributed by atoms with van der Waals surface area (Å²) in [6, 6.07) is 11.2. The second-order valence-corrected chi connectivity index (χ2v) is 8.59. The lowest BCUT2D eigenvalue weighted by molar-refractivity contribution is -0.384. The van der Waals surface area contributed by atoms with E-state index in [1.165, 1.54) is 6.07 Å². The molecule has 0 radical (unpaired) electrons. The van der Waals surface area contributed by atoms with Crippen molar-refractivity contribution >= 4 is 24.1 Å². The summed E-state index contributed by atoms with van der Waals surface area (Å²) in [5, 5.41) is 13.9. The molecule has 2 aromatic carbocycles. The van der Waals surface area contributed by atoms with Gasteiger partial charge in [-0.3, -0.25) is 24.3 Å². The van der Waals surface area contributed by atoms with Crippen LogP contribution in [0.15, 0.2) is 52.1 Å². The zero-order valence-electron chi connectivity index (χ0n) is 14.5. The first-order valence-corrected chi connectivity index (χ1v) is 10.3. The van der Waals surface area contributed by atoms with Gasteiger partial charge in [0.2, 0.25) is 7.37 Å². The van der Waals surface area contributed by atoms with Crippen LogP contribution in [0.4, 0.5) is 5.69 Å². The van der Waals surface area contributed by atoms with Crippen molar-refractivity contribution in [2.45, 2.75) is 12.7 Å². The Labute approximate surface area is 157 Å². The zero-order valence-corrected chi connectivity index (χ0v) is 15.4. The van der Waals surface area contributed by atoms with Crippen molar-refractivity contribution in [2.75, 3.05) is 6.29 Å². The summed E-state index contributed by atoms with van der Waals surface area (Å²) in [5.41, 5.74) is -0.724. The molecule has 0 aliphatic heterocycles. The van der Waals surface area contributed by atoms with Crippen LogP contribution in [0.1, 0.15) is 11.1 Å². The van der Waals surface area contributed by atoms with Gasteiger partial charge < -0.3 is 20.2 Å². The summed E-state index contributed by atoms with van der Waals surface area (Å²) in [4.78, 5) is 48.4. The standard InChI is InChI=1S/C17H17N4O6P/c22-16-17(23)20-15-12(6-13(21(24)25)7-14(15)19-16)8-18-10-28(26,27)9-11-4-2-1-3-5-11/h1-7,18H,8-10H2,(H,19,22)(H,20,23)(H,26,27). The molecule has 0 spiro atoms. The largest absolute Gasteiger partial charge is 0.343 e. The number of nitro benzene ring substituents is 1. The van der Waals surface area contributed by atoms with Gasteiger partial charge in [-0.15, -0.1) is 0 Å². The Hall–Kier alpha value is -3.07. The molecule has 0 saturated carbocycles. The second kappa shape index (κ2) is 7.89. The van der Waals surface area contributed by atoms with Crippen LogP contribution in [0, 0.1) is 10.1 Å². The number of H-pyrrole nitrogens is 2. The van der Waals surface area contributed by atoms with Crippen LogP contribution >= 0.6 is 7.37 Å². The van der Waals surface area contributed by atoms with E-state index in [4.69, 9.17) is 0 Å². The van der Waals surface area contributed by atoms with Crippen LogP contribution in [-0.4, -0.2) is 26.1 Å². The molecule has 0 amide bonds. The van der Waals surface area contributed by atoms with Crippen molar-refractivity contribution in [3.63, 3.8) is 0 Å². The molecule has 28 heavy (non-hydrogen) atoms. The minimum absolute atomic E-state index is 0.0132. The van der Waals surface area contributed by atoms with Crippen LogP contribution in [-0.2, 0) is 17.3 Å². The third kappa shape index (κ3) is 4.61. The summed E-state index contributed by atoms with van der Waals surface area (Å²) >= 11 is 0. The minimum atomic E-state index is -3.53. The maximum atomic E-state index is 12.4. The lowest BCUT2D eigenvalue weighted by Gasteiger charge is -2.13. The smallest absolute Gasteiger partial charge is 0.314 e. The van der Waals surface area contributed by atoms with Gasteiger partial charge in [-0.05, 0) is 11.1 Å². The average molecular weight is 404 g/mol. The quantitative estimate of drug-likeness (QED) is 0.202. The van der Waals surface area contributed by atoms with Crippen LogP contribution in [0.5, 0.6) is 0 Å². The number of rotatable bonds is 7. The lowest BCUT2D eigenvalue weighted by Crippen LogP contribution is -2.29. The van der Waals surface area contributed by atoms with Crippen molar-refractivity contribution in [2.24, 2.45) is 0 Å². The highest BCUT2D eigenvalue weighted by Gasteiger charge is 2.19. The monoisotopic (exact) mass is 404 g/mol. The summed E-state index contributed by atoms with van der Waals surface area (Å²) in [6.45, 7) is -0.0144. The Morgan fingerprint density at radius 1 is 1.11 bits per heavy atom. The van der Waals surface area contributed by atoms with Crippen molar-refractivity contribution < 1.29 is 14.4 Å². The van der Waals surface area contributed by atoms with Gasteiger partial charge in [-0.25, -0.2) is 0 Å². The second-order valence-electron chi connectivity index (χ2n) is 6.27. The Kier molecular flexibility index (Phi) is 5.55. The first-order chi connectivity index (χ1) is 13.2. The summed E-state index contributed by atoms with van der Waals surface area (Å²) in [6.07, 6.45) is -0.236. The third-order valence-electron chi connectivity index (χ3n) is 4.06. The highest BCUT2D eigenvalue weighted by molar-refractivity contribution is 7.57. The minimum Gasteiger partial charge on any atom is -0.343 e. The topological polar surface area (TPSA) is 158 Å². The number of aromatic amines is 2. The van der Waals surface area contributed by atoms with Crippen molar-refractivity contribution in [1.82, 2.24) is 15.3 Å². The van der Waals surface area contributed by atoms with Crippen LogP contribution < -0.4 is 16.4 Å². The van der Waals surface area contributed by atoms with E-state index >= 15 is 0 Å². The molecule has 146 valence electrons. The number of aromatic nitrogens is 2. The van der Waals surface area contributed by atoms with Gasteiger partial charge in [0.25, 0.3) is 5.69 Å². The molecule has 0 saturated heterocycles. The number of nitrogens with one attached hydrogen (secondary N) is 3. The van der Waals surface area contributed by atoms with Crippen molar-refractivity contribution in [3.05, 3.63) is 84.4 Å². The van der Waals surface area contributed by atoms with Gasteiger partial charge >= 0.3 is 11.1 Å². The number of non-ortho nitro benzene ring substituents is 1. The molecule has 1 atom stereocenters. The summed E-state index contributed by atoms with van der Waals surface area (Å²) in [7, 11) is -3.53. The summed E-state index contributed by atoms with van der Waals surface area (Å²) in [5.74, 6) is 0. The molecule has 1 unspecified atom stereocenters. The van der Waals surface area contributed by atoms with Crippen LogP contribution in [0.25, 0.3) is 11.0 Å². The van der Waals surface area contributed by atoms with E-state index in [0.717, 1.165) is 11.6 Å². The molecule has 1 heterocycles. The fourth-order valence-corrected chi connectivity index (χ4v) is 4.17. The number of nitro groups is 1. The summed E-state index contributed by atoms with van der Waals surface area (Å²) < 4.78 is 12.4. The first-order valence-electron chi connectivity index (χ1n) is 8.24. The molecular formula is C17H17N4O6P. The van der Waals surface area contributed by atoms with Gasteiger partial charge in [-0.1, -0.05) is 30.3 Å². The Morgan fingerprint density at radius 3 is 2.46 bits per heavy atom. The molecule has 1 aromatic heterocycles. The van der Waals surface area contributed by atoms with Gasteiger partial charge in [0.1, 0.15) is 0 Å². The van der Waals surface area contributed by atoms with Gasteiger partial charge in [0.15, 0.2) is 0 Å². The Bertz CT molecular complexity index is 1190. The predicted molar refractivity (Wildman–Crippen MR) is 104 cm³/mol. The van der Waals surface area contributed by atoms with Gasteiger partial charge in [0, 0.05) is 18.7 Å². The van der Waals surface area contributed by atoms with E-state index < -0.39 is 23.4 Å². The molecular weight excluding hydrogens is 387 g/mol. The third-order valence-corrected chi connectivity index (χ3v) is 5.63. The Morgan fingerprint density at radius 2 is 1.79 bits per heavy atom. The van der Waals surface area contributed by atoms with E-state index in [1.807, 2.05) is 6.07 Å². The van der Waals surface area contributed by atoms with E-state index in [1.54, 1.807) is 24.3 Å². The van der Waals surface area contributed by atoms with Crippen molar-refractivity contribution in [1.29, 1.82) is 0 Å². The number of fused-ring (bicyclic) bond motifs is 1. The van der Waals surface area contributed by atoms with Crippen LogP contribution in [0.3, 0.4) is 0 Å². The molecule has 0 fully saturated rings. The average Bonchev–Trinajstić information content (AvgIpc) is 2.63. The predicted octanol–water partition coefficient (Wildman–Crippen LogP) is 1.64. The highest BCUT2D eigenvalue weighted by Crippen LogP contribution is 2.43. The van der Waals surface area contributed by atoms with Crippen molar-refractivity contribution in [3.8, 4) is 0 Å². The number of nitrogens with zero attached hydrogens (tertiary/aromatic N) is 1. The Balaban J connectivity index is 1.82. The highest BCUT2D eigenvalue weighted by atomic mass is 31.2. The lowest BCUT2D eigenvalue weighted by atomic mass is 10.1. The molecule has 0 bridgehead atoms. The molecule has 0 aliphatic carbocycles. The number of hydrogen-bond donors (Lipinski definition) is 4. The van der Waals surface area contributed by atoms with Gasteiger partial charge in [-0.2, -0.15) is 0 Å². The fourth-order valence-electron chi connectivity index (χ4n) is 2.82.